The van der Waals surface area contributed by atoms with Gasteiger partial charge in [-0.15, -0.1) is 0 Å². The van der Waals surface area contributed by atoms with Crippen molar-refractivity contribution in [3.05, 3.63) is 29.5 Å². The van der Waals surface area contributed by atoms with Crippen LogP contribution in [0.15, 0.2) is 23.9 Å². The number of imide groups is 1. The van der Waals surface area contributed by atoms with Gasteiger partial charge in [-0.1, -0.05) is 0 Å². The lowest BCUT2D eigenvalue weighted by Gasteiger charge is -2.08. The Morgan fingerprint density at radius 2 is 2.00 bits per heavy atom. The lowest BCUT2D eigenvalue weighted by molar-refractivity contribution is -0.122. The topological polar surface area (TPSA) is 67.9 Å². The fourth-order valence-electron chi connectivity index (χ4n) is 1.97. The highest BCUT2D eigenvalue weighted by Gasteiger charge is 2.32. The summed E-state index contributed by atoms with van der Waals surface area (Å²) in [4.78, 5) is 24.7. The molecule has 0 aliphatic carbocycles. The van der Waals surface area contributed by atoms with E-state index in [4.69, 9.17) is 9.47 Å². The minimum absolute atomic E-state index is 0.225. The molecule has 106 valence electrons. The largest absolute Gasteiger partial charge is 0.497 e. The van der Waals surface area contributed by atoms with Gasteiger partial charge in [-0.3, -0.25) is 9.69 Å². The smallest absolute Gasteiger partial charge is 0.328 e. The van der Waals surface area contributed by atoms with Gasteiger partial charge in [0.15, 0.2) is 0 Å². The fourth-order valence-corrected chi connectivity index (χ4v) is 1.97. The average Bonchev–Trinajstić information content (AvgIpc) is 2.72. The standard InChI is InChI=1S/C14H16N2O4/c1-4-16-13(17)11(15-14(16)18)8-9-7-10(19-2)5-6-12(9)20-3/h5-8H,4H2,1-3H3,(H,15,18). The number of carbonyl (C=O) groups excluding carboxylic acids is 2. The third-order valence-corrected chi connectivity index (χ3v) is 3.02. The molecule has 20 heavy (non-hydrogen) atoms. The molecular weight excluding hydrogens is 260 g/mol. The minimum Gasteiger partial charge on any atom is -0.497 e. The zero-order chi connectivity index (χ0) is 14.7. The van der Waals surface area contributed by atoms with E-state index in [1.54, 1.807) is 38.3 Å². The highest BCUT2D eigenvalue weighted by Crippen LogP contribution is 2.26. The number of nitrogens with one attached hydrogen (secondary N) is 1. The van der Waals surface area contributed by atoms with E-state index in [0.717, 1.165) is 4.90 Å². The predicted molar refractivity (Wildman–Crippen MR) is 73.4 cm³/mol. The Kier molecular flexibility index (Phi) is 3.93. The summed E-state index contributed by atoms with van der Waals surface area (Å²) >= 11 is 0. The van der Waals surface area contributed by atoms with Gasteiger partial charge in [-0.05, 0) is 31.2 Å². The Morgan fingerprint density at radius 3 is 2.55 bits per heavy atom. The minimum atomic E-state index is -0.411. The van der Waals surface area contributed by atoms with Crippen LogP contribution in [0, 0.1) is 0 Å². The summed E-state index contributed by atoms with van der Waals surface area (Å²) in [6.07, 6.45) is 1.58. The van der Waals surface area contributed by atoms with Crippen molar-refractivity contribution in [2.45, 2.75) is 6.92 Å². The average molecular weight is 276 g/mol. The molecule has 1 aromatic carbocycles. The lowest BCUT2D eigenvalue weighted by Crippen LogP contribution is -2.30. The molecule has 0 unspecified atom stereocenters. The van der Waals surface area contributed by atoms with Crippen LogP contribution in [-0.4, -0.2) is 37.6 Å². The van der Waals surface area contributed by atoms with Gasteiger partial charge in [0.2, 0.25) is 0 Å². The number of benzene rings is 1. The van der Waals surface area contributed by atoms with Crippen molar-refractivity contribution in [2.24, 2.45) is 0 Å². The van der Waals surface area contributed by atoms with Crippen molar-refractivity contribution in [1.29, 1.82) is 0 Å². The van der Waals surface area contributed by atoms with E-state index in [2.05, 4.69) is 5.32 Å². The molecule has 1 saturated heterocycles. The second kappa shape index (κ2) is 5.64. The molecule has 3 amide bonds. The summed E-state index contributed by atoms with van der Waals surface area (Å²) in [6.45, 7) is 2.07. The van der Waals surface area contributed by atoms with Crippen LogP contribution in [-0.2, 0) is 4.79 Å². The van der Waals surface area contributed by atoms with Crippen molar-refractivity contribution < 1.29 is 19.1 Å². The quantitative estimate of drug-likeness (QED) is 0.670. The van der Waals surface area contributed by atoms with Crippen molar-refractivity contribution in [3.8, 4) is 11.5 Å². The molecule has 0 radical (unpaired) electrons. The molecular formula is C14H16N2O4. The molecule has 1 N–H and O–H groups in total. The molecule has 0 bridgehead atoms. The Morgan fingerprint density at radius 1 is 1.25 bits per heavy atom. The van der Waals surface area contributed by atoms with Crippen LogP contribution in [0.1, 0.15) is 12.5 Å². The number of urea groups is 1. The number of carbonyl (C=O) groups is 2. The van der Waals surface area contributed by atoms with E-state index in [1.165, 1.54) is 7.11 Å². The Bertz CT molecular complexity index is 581. The zero-order valence-electron chi connectivity index (χ0n) is 11.6. The number of methoxy groups -OCH3 is 2. The maximum Gasteiger partial charge on any atom is 0.328 e. The summed E-state index contributed by atoms with van der Waals surface area (Å²) in [5.74, 6) is 0.888. The Labute approximate surface area is 117 Å². The van der Waals surface area contributed by atoms with E-state index >= 15 is 0 Å². The van der Waals surface area contributed by atoms with Crippen LogP contribution in [0.4, 0.5) is 4.79 Å². The summed E-state index contributed by atoms with van der Waals surface area (Å²) in [6, 6.07) is 4.82. The predicted octanol–water partition coefficient (Wildman–Crippen LogP) is 1.62. The van der Waals surface area contributed by atoms with Crippen LogP contribution in [0.2, 0.25) is 0 Å². The van der Waals surface area contributed by atoms with Gasteiger partial charge < -0.3 is 14.8 Å². The van der Waals surface area contributed by atoms with E-state index in [1.807, 2.05) is 0 Å². The first kappa shape index (κ1) is 13.9. The Hall–Kier alpha value is -2.50. The van der Waals surface area contributed by atoms with Crippen LogP contribution in [0.5, 0.6) is 11.5 Å². The van der Waals surface area contributed by atoms with Crippen LogP contribution in [0.25, 0.3) is 6.08 Å². The van der Waals surface area contributed by atoms with E-state index < -0.39 is 6.03 Å². The summed E-state index contributed by atoms with van der Waals surface area (Å²) in [5.41, 5.74) is 0.886. The molecule has 1 fully saturated rings. The number of likely N-dealkylation sites (N-methyl/N-ethyl adjacent to an activating group) is 1. The van der Waals surface area contributed by atoms with E-state index in [-0.39, 0.29) is 11.6 Å². The summed E-state index contributed by atoms with van der Waals surface area (Å²) in [5, 5.41) is 2.54. The van der Waals surface area contributed by atoms with Gasteiger partial charge in [-0.2, -0.15) is 0 Å². The second-order valence-corrected chi connectivity index (χ2v) is 4.15. The molecule has 6 nitrogen and oxygen atoms in total. The van der Waals surface area contributed by atoms with Gasteiger partial charge in [0.05, 0.1) is 14.2 Å². The van der Waals surface area contributed by atoms with Gasteiger partial charge in [-0.25, -0.2) is 4.79 Å². The van der Waals surface area contributed by atoms with Gasteiger partial charge in [0.1, 0.15) is 17.2 Å². The maximum atomic E-state index is 12.0. The first-order valence-electron chi connectivity index (χ1n) is 6.17. The number of amides is 3. The molecule has 1 aromatic rings. The van der Waals surface area contributed by atoms with E-state index in [0.29, 0.717) is 23.6 Å². The number of nitrogens with zero attached hydrogens (tertiary/aromatic N) is 1. The number of hydrogen-bond donors (Lipinski definition) is 1. The lowest BCUT2D eigenvalue weighted by atomic mass is 10.1. The molecule has 6 heteroatoms. The molecule has 0 aromatic heterocycles. The monoisotopic (exact) mass is 276 g/mol. The number of rotatable bonds is 4. The Balaban J connectivity index is 2.40. The van der Waals surface area contributed by atoms with Crippen LogP contribution in [0.3, 0.4) is 0 Å². The molecule has 1 heterocycles. The molecule has 0 spiro atoms. The third kappa shape index (κ3) is 2.45. The second-order valence-electron chi connectivity index (χ2n) is 4.15. The molecule has 1 aliphatic heterocycles. The SMILES string of the molecule is CCN1C(=O)NC(=Cc2cc(OC)ccc2OC)C1=O. The number of ether oxygens (including phenoxy) is 2. The van der Waals surface area contributed by atoms with Gasteiger partial charge in [0, 0.05) is 12.1 Å². The molecule has 1 aliphatic rings. The van der Waals surface area contributed by atoms with E-state index in [9.17, 15) is 9.59 Å². The highest BCUT2D eigenvalue weighted by molar-refractivity contribution is 6.14. The summed E-state index contributed by atoms with van der Waals surface area (Å²) in [7, 11) is 3.09. The number of hydrogen-bond acceptors (Lipinski definition) is 4. The van der Waals surface area contributed by atoms with Gasteiger partial charge in [0.25, 0.3) is 5.91 Å². The van der Waals surface area contributed by atoms with Crippen molar-refractivity contribution in [2.75, 3.05) is 20.8 Å². The highest BCUT2D eigenvalue weighted by atomic mass is 16.5. The van der Waals surface area contributed by atoms with Gasteiger partial charge >= 0.3 is 6.03 Å². The first-order chi connectivity index (χ1) is 9.60. The van der Waals surface area contributed by atoms with Crippen molar-refractivity contribution in [1.82, 2.24) is 10.2 Å². The third-order valence-electron chi connectivity index (χ3n) is 3.02. The van der Waals surface area contributed by atoms with Crippen molar-refractivity contribution >= 4 is 18.0 Å². The fraction of sp³-hybridized carbons (Fsp3) is 0.286. The first-order valence-corrected chi connectivity index (χ1v) is 6.17. The maximum absolute atomic E-state index is 12.0. The molecule has 0 saturated carbocycles. The molecule has 2 rings (SSSR count). The molecule has 0 atom stereocenters. The zero-order valence-corrected chi connectivity index (χ0v) is 11.6. The van der Waals surface area contributed by atoms with Crippen LogP contribution >= 0.6 is 0 Å². The normalized spacial score (nSPS) is 16.6. The summed E-state index contributed by atoms with van der Waals surface area (Å²) < 4.78 is 10.4. The van der Waals surface area contributed by atoms with Crippen molar-refractivity contribution in [3.63, 3.8) is 0 Å². The van der Waals surface area contributed by atoms with Crippen LogP contribution < -0.4 is 14.8 Å².